The largest absolute Gasteiger partial charge is 0.380 e. The average Bonchev–Trinajstić information content (AvgIpc) is 2.46. The van der Waals surface area contributed by atoms with Gasteiger partial charge in [0.15, 0.2) is 0 Å². The summed E-state index contributed by atoms with van der Waals surface area (Å²) in [5.41, 5.74) is 1.97. The van der Waals surface area contributed by atoms with Crippen molar-refractivity contribution in [1.29, 1.82) is 0 Å². The first-order valence-corrected chi connectivity index (χ1v) is 7.20. The first kappa shape index (κ1) is 15.0. The summed E-state index contributed by atoms with van der Waals surface area (Å²) in [6.45, 7) is 5.00. The molecular formula is C16H24N2O2. The molecule has 4 nitrogen and oxygen atoms in total. The zero-order chi connectivity index (χ0) is 14.4. The van der Waals surface area contributed by atoms with Crippen molar-refractivity contribution in [3.63, 3.8) is 0 Å². The number of ether oxygens (including phenoxy) is 1. The Morgan fingerprint density at radius 2 is 2.25 bits per heavy atom. The van der Waals surface area contributed by atoms with E-state index in [2.05, 4.69) is 16.7 Å². The molecule has 0 radical (unpaired) electrons. The number of nitrogens with one attached hydrogen (secondary N) is 2. The van der Waals surface area contributed by atoms with Gasteiger partial charge < -0.3 is 15.4 Å². The molecule has 1 heterocycles. The summed E-state index contributed by atoms with van der Waals surface area (Å²) in [6, 6.07) is 8.13. The molecular weight excluding hydrogens is 252 g/mol. The van der Waals surface area contributed by atoms with Gasteiger partial charge >= 0.3 is 0 Å². The highest BCUT2D eigenvalue weighted by molar-refractivity contribution is 5.82. The van der Waals surface area contributed by atoms with E-state index in [9.17, 15) is 4.79 Å². The number of carbonyl (C=O) groups is 1. The molecule has 1 unspecified atom stereocenters. The van der Waals surface area contributed by atoms with Crippen LogP contribution in [0.25, 0.3) is 0 Å². The highest BCUT2D eigenvalue weighted by Crippen LogP contribution is 2.25. The number of carbonyl (C=O) groups excluding carboxylic acids is 1. The van der Waals surface area contributed by atoms with Crippen molar-refractivity contribution < 1.29 is 9.53 Å². The minimum Gasteiger partial charge on any atom is -0.380 e. The molecule has 1 amide bonds. The van der Waals surface area contributed by atoms with Crippen LogP contribution < -0.4 is 10.6 Å². The number of amides is 1. The predicted octanol–water partition coefficient (Wildman–Crippen LogP) is 1.84. The lowest BCUT2D eigenvalue weighted by atomic mass is 9.82. The van der Waals surface area contributed by atoms with Crippen LogP contribution in [0.5, 0.6) is 0 Å². The fourth-order valence-electron chi connectivity index (χ4n) is 2.64. The molecule has 0 saturated carbocycles. The van der Waals surface area contributed by atoms with Crippen LogP contribution in [0.3, 0.4) is 0 Å². The molecule has 2 N–H and O–H groups in total. The monoisotopic (exact) mass is 276 g/mol. The van der Waals surface area contributed by atoms with Crippen molar-refractivity contribution >= 4 is 5.91 Å². The van der Waals surface area contributed by atoms with Gasteiger partial charge in [0.25, 0.3) is 0 Å². The lowest BCUT2D eigenvalue weighted by molar-refractivity contribution is -0.131. The van der Waals surface area contributed by atoms with Crippen LogP contribution >= 0.6 is 0 Å². The Morgan fingerprint density at radius 1 is 1.45 bits per heavy atom. The fraction of sp³-hybridized carbons (Fsp3) is 0.562. The lowest BCUT2D eigenvalue weighted by Gasteiger charge is -2.32. The van der Waals surface area contributed by atoms with E-state index < -0.39 is 0 Å². The predicted molar refractivity (Wildman–Crippen MR) is 79.2 cm³/mol. The molecule has 4 heteroatoms. The Morgan fingerprint density at radius 3 is 2.95 bits per heavy atom. The van der Waals surface area contributed by atoms with Crippen LogP contribution in [0, 0.1) is 5.41 Å². The van der Waals surface area contributed by atoms with E-state index in [1.807, 2.05) is 25.1 Å². The SMILES string of the molecule is COCc1cccc(CNC(=O)C2(C)CCCNC2)c1. The molecule has 2 rings (SSSR count). The summed E-state index contributed by atoms with van der Waals surface area (Å²) in [6.07, 6.45) is 2.02. The van der Waals surface area contributed by atoms with Crippen molar-refractivity contribution in [3.8, 4) is 0 Å². The first-order chi connectivity index (χ1) is 9.64. The summed E-state index contributed by atoms with van der Waals surface area (Å²) in [7, 11) is 1.69. The lowest BCUT2D eigenvalue weighted by Crippen LogP contribution is -2.48. The van der Waals surface area contributed by atoms with Crippen molar-refractivity contribution in [1.82, 2.24) is 10.6 Å². The topological polar surface area (TPSA) is 50.4 Å². The molecule has 1 saturated heterocycles. The van der Waals surface area contributed by atoms with Gasteiger partial charge in [0.2, 0.25) is 5.91 Å². The number of hydrogen-bond donors (Lipinski definition) is 2. The summed E-state index contributed by atoms with van der Waals surface area (Å²) < 4.78 is 5.12. The van der Waals surface area contributed by atoms with Crippen molar-refractivity contribution in [2.24, 2.45) is 5.41 Å². The maximum Gasteiger partial charge on any atom is 0.227 e. The zero-order valence-corrected chi connectivity index (χ0v) is 12.4. The minimum absolute atomic E-state index is 0.141. The van der Waals surface area contributed by atoms with E-state index in [1.54, 1.807) is 7.11 Å². The number of hydrogen-bond acceptors (Lipinski definition) is 3. The molecule has 1 aromatic carbocycles. The molecule has 1 atom stereocenters. The van der Waals surface area contributed by atoms with E-state index in [0.717, 1.165) is 37.1 Å². The number of methoxy groups -OCH3 is 1. The third-order valence-corrected chi connectivity index (χ3v) is 3.90. The Kier molecular flexibility index (Phi) is 5.15. The number of benzene rings is 1. The minimum atomic E-state index is -0.275. The maximum atomic E-state index is 12.3. The van der Waals surface area contributed by atoms with Gasteiger partial charge in [-0.05, 0) is 37.4 Å². The van der Waals surface area contributed by atoms with Gasteiger partial charge in [-0.1, -0.05) is 24.3 Å². The normalized spacial score (nSPS) is 22.5. The van der Waals surface area contributed by atoms with Crippen LogP contribution in [-0.4, -0.2) is 26.1 Å². The Balaban J connectivity index is 1.91. The van der Waals surface area contributed by atoms with Gasteiger partial charge in [0.05, 0.1) is 12.0 Å². The van der Waals surface area contributed by atoms with Crippen molar-refractivity contribution in [3.05, 3.63) is 35.4 Å². The van der Waals surface area contributed by atoms with Crippen LogP contribution in [-0.2, 0) is 22.7 Å². The van der Waals surface area contributed by atoms with E-state index in [1.165, 1.54) is 0 Å². The molecule has 1 fully saturated rings. The molecule has 1 aliphatic rings. The fourth-order valence-corrected chi connectivity index (χ4v) is 2.64. The Labute approximate surface area is 120 Å². The Bertz CT molecular complexity index is 454. The molecule has 0 aromatic heterocycles. The van der Waals surface area contributed by atoms with Crippen molar-refractivity contribution in [2.45, 2.75) is 32.9 Å². The molecule has 20 heavy (non-hydrogen) atoms. The van der Waals surface area contributed by atoms with Crippen LogP contribution in [0.2, 0.25) is 0 Å². The molecule has 0 spiro atoms. The van der Waals surface area contributed by atoms with Gasteiger partial charge in [0, 0.05) is 20.2 Å². The smallest absolute Gasteiger partial charge is 0.227 e. The average molecular weight is 276 g/mol. The first-order valence-electron chi connectivity index (χ1n) is 7.20. The molecule has 110 valence electrons. The maximum absolute atomic E-state index is 12.3. The van der Waals surface area contributed by atoms with Crippen molar-refractivity contribution in [2.75, 3.05) is 20.2 Å². The molecule has 1 aliphatic heterocycles. The van der Waals surface area contributed by atoms with Gasteiger partial charge in [-0.25, -0.2) is 0 Å². The van der Waals surface area contributed by atoms with E-state index in [0.29, 0.717) is 13.2 Å². The number of rotatable bonds is 5. The Hall–Kier alpha value is -1.39. The summed E-state index contributed by atoms with van der Waals surface area (Å²) in [5.74, 6) is 0.141. The summed E-state index contributed by atoms with van der Waals surface area (Å²) in [5, 5.41) is 6.36. The third-order valence-electron chi connectivity index (χ3n) is 3.90. The van der Waals surface area contributed by atoms with Gasteiger partial charge in [-0.15, -0.1) is 0 Å². The second-order valence-electron chi connectivity index (χ2n) is 5.78. The van der Waals surface area contributed by atoms with E-state index in [-0.39, 0.29) is 11.3 Å². The summed E-state index contributed by atoms with van der Waals surface area (Å²) >= 11 is 0. The van der Waals surface area contributed by atoms with Gasteiger partial charge in [0.1, 0.15) is 0 Å². The molecule has 1 aromatic rings. The van der Waals surface area contributed by atoms with Crippen LogP contribution in [0.1, 0.15) is 30.9 Å². The number of piperidine rings is 1. The van der Waals surface area contributed by atoms with Gasteiger partial charge in [-0.3, -0.25) is 4.79 Å². The second-order valence-corrected chi connectivity index (χ2v) is 5.78. The van der Waals surface area contributed by atoms with Crippen LogP contribution in [0.15, 0.2) is 24.3 Å². The van der Waals surface area contributed by atoms with Gasteiger partial charge in [-0.2, -0.15) is 0 Å². The summed E-state index contributed by atoms with van der Waals surface area (Å²) in [4.78, 5) is 12.3. The third kappa shape index (κ3) is 3.81. The quantitative estimate of drug-likeness (QED) is 0.863. The zero-order valence-electron chi connectivity index (χ0n) is 12.4. The standard InChI is InChI=1S/C16H24N2O2/c1-16(7-4-8-17-12-16)15(19)18-10-13-5-3-6-14(9-13)11-20-2/h3,5-6,9,17H,4,7-8,10-12H2,1-2H3,(H,18,19). The molecule has 0 bridgehead atoms. The highest BCUT2D eigenvalue weighted by Gasteiger charge is 2.34. The van der Waals surface area contributed by atoms with E-state index >= 15 is 0 Å². The highest BCUT2D eigenvalue weighted by atomic mass is 16.5. The molecule has 0 aliphatic carbocycles. The van der Waals surface area contributed by atoms with E-state index in [4.69, 9.17) is 4.74 Å². The van der Waals surface area contributed by atoms with Crippen LogP contribution in [0.4, 0.5) is 0 Å². The second kappa shape index (κ2) is 6.86.